The van der Waals surface area contributed by atoms with Crippen LogP contribution >= 0.6 is 11.6 Å². The van der Waals surface area contributed by atoms with Crippen molar-refractivity contribution in [3.8, 4) is 0 Å². The number of benzene rings is 1. The highest BCUT2D eigenvalue weighted by Gasteiger charge is 2.27. The van der Waals surface area contributed by atoms with Crippen LogP contribution in [0, 0.1) is 5.41 Å². The molecule has 19 heavy (non-hydrogen) atoms. The zero-order valence-corrected chi connectivity index (χ0v) is 12.2. The molecule has 3 rings (SSSR count). The third-order valence-electron chi connectivity index (χ3n) is 4.41. The van der Waals surface area contributed by atoms with Crippen LogP contribution in [-0.4, -0.2) is 11.5 Å². The zero-order valence-electron chi connectivity index (χ0n) is 11.4. The smallest absolute Gasteiger partial charge is 0.0472 e. The second kappa shape index (κ2) is 5.18. The second-order valence-electron chi connectivity index (χ2n) is 6.13. The van der Waals surface area contributed by atoms with Crippen LogP contribution < -0.4 is 5.32 Å². The Morgan fingerprint density at radius 1 is 1.32 bits per heavy atom. The van der Waals surface area contributed by atoms with Gasteiger partial charge in [0.2, 0.25) is 0 Å². The van der Waals surface area contributed by atoms with Gasteiger partial charge in [0.15, 0.2) is 0 Å². The molecule has 0 unspecified atom stereocenters. The van der Waals surface area contributed by atoms with Crippen molar-refractivity contribution in [2.45, 2.75) is 39.2 Å². The van der Waals surface area contributed by atoms with Crippen LogP contribution in [0.25, 0.3) is 10.9 Å². The molecule has 1 aliphatic rings. The lowest BCUT2D eigenvalue weighted by Crippen LogP contribution is -2.29. The highest BCUT2D eigenvalue weighted by atomic mass is 35.5. The fraction of sp³-hybridized carbons (Fsp3) is 0.500. The molecule has 1 saturated carbocycles. The van der Waals surface area contributed by atoms with Crippen molar-refractivity contribution < 1.29 is 0 Å². The lowest BCUT2D eigenvalue weighted by atomic mass is 9.89. The number of H-pyrrole nitrogens is 1. The summed E-state index contributed by atoms with van der Waals surface area (Å²) in [5.74, 6) is 0. The Labute approximate surface area is 119 Å². The van der Waals surface area contributed by atoms with Gasteiger partial charge in [0.25, 0.3) is 0 Å². The van der Waals surface area contributed by atoms with Crippen LogP contribution in [0.15, 0.2) is 24.4 Å². The number of nitrogens with one attached hydrogen (secondary N) is 2. The van der Waals surface area contributed by atoms with Crippen LogP contribution in [0.4, 0.5) is 0 Å². The van der Waals surface area contributed by atoms with Gasteiger partial charge in [-0.25, -0.2) is 0 Å². The maximum absolute atomic E-state index is 6.00. The topological polar surface area (TPSA) is 27.8 Å². The fourth-order valence-corrected chi connectivity index (χ4v) is 3.38. The molecule has 1 fully saturated rings. The molecule has 3 heteroatoms. The largest absolute Gasteiger partial charge is 0.361 e. The first-order valence-corrected chi connectivity index (χ1v) is 7.50. The van der Waals surface area contributed by atoms with E-state index in [-0.39, 0.29) is 0 Å². The fourth-order valence-electron chi connectivity index (χ4n) is 3.21. The van der Waals surface area contributed by atoms with Gasteiger partial charge >= 0.3 is 0 Å². The highest BCUT2D eigenvalue weighted by molar-refractivity contribution is 6.31. The second-order valence-corrected chi connectivity index (χ2v) is 6.56. The molecule has 1 aromatic carbocycles. The molecule has 0 spiro atoms. The van der Waals surface area contributed by atoms with Crippen molar-refractivity contribution in [2.75, 3.05) is 6.54 Å². The number of rotatable bonds is 4. The molecule has 2 N–H and O–H groups in total. The van der Waals surface area contributed by atoms with Gasteiger partial charge in [-0.3, -0.25) is 0 Å². The molecular formula is C16H21ClN2. The first-order valence-electron chi connectivity index (χ1n) is 7.13. The Hall–Kier alpha value is -0.990. The van der Waals surface area contributed by atoms with Gasteiger partial charge in [0.1, 0.15) is 0 Å². The Balaban J connectivity index is 1.65. The lowest BCUT2D eigenvalue weighted by molar-refractivity contribution is 0.315. The summed E-state index contributed by atoms with van der Waals surface area (Å²) in [5, 5.41) is 5.68. The van der Waals surface area contributed by atoms with Gasteiger partial charge in [-0.15, -0.1) is 0 Å². The van der Waals surface area contributed by atoms with Gasteiger partial charge in [-0.1, -0.05) is 37.4 Å². The molecule has 2 aromatic rings. The van der Waals surface area contributed by atoms with Gasteiger partial charge in [0, 0.05) is 35.2 Å². The number of fused-ring (bicyclic) bond motifs is 1. The van der Waals surface area contributed by atoms with E-state index in [1.807, 2.05) is 12.1 Å². The first-order chi connectivity index (χ1) is 9.16. The van der Waals surface area contributed by atoms with Crippen molar-refractivity contribution in [3.05, 3.63) is 35.0 Å². The summed E-state index contributed by atoms with van der Waals surface area (Å²) in [4.78, 5) is 3.29. The van der Waals surface area contributed by atoms with E-state index in [1.165, 1.54) is 36.6 Å². The molecule has 0 radical (unpaired) electrons. The van der Waals surface area contributed by atoms with Crippen molar-refractivity contribution in [1.29, 1.82) is 0 Å². The average Bonchev–Trinajstić information content (AvgIpc) is 2.97. The molecule has 2 nitrogen and oxygen atoms in total. The SMILES string of the molecule is CC1(CNCc2c[nH]c3cc(Cl)ccc23)CCCC1. The van der Waals surface area contributed by atoms with Crippen molar-refractivity contribution in [3.63, 3.8) is 0 Å². The van der Waals surface area contributed by atoms with E-state index in [4.69, 9.17) is 11.6 Å². The number of halogens is 1. The quantitative estimate of drug-likeness (QED) is 0.846. The van der Waals surface area contributed by atoms with Crippen molar-refractivity contribution in [1.82, 2.24) is 10.3 Å². The van der Waals surface area contributed by atoms with E-state index < -0.39 is 0 Å². The summed E-state index contributed by atoms with van der Waals surface area (Å²) in [6, 6.07) is 6.04. The Morgan fingerprint density at radius 3 is 2.89 bits per heavy atom. The Morgan fingerprint density at radius 2 is 2.11 bits per heavy atom. The van der Waals surface area contributed by atoms with E-state index in [9.17, 15) is 0 Å². The summed E-state index contributed by atoms with van der Waals surface area (Å²) in [6.07, 6.45) is 7.60. The minimum Gasteiger partial charge on any atom is -0.361 e. The minimum absolute atomic E-state index is 0.509. The van der Waals surface area contributed by atoms with Crippen molar-refractivity contribution in [2.24, 2.45) is 5.41 Å². The summed E-state index contributed by atoms with van der Waals surface area (Å²) in [6.45, 7) is 4.45. The molecule has 1 aromatic heterocycles. The van der Waals surface area contributed by atoms with Crippen LogP contribution in [0.5, 0.6) is 0 Å². The third kappa shape index (κ3) is 2.80. The maximum atomic E-state index is 6.00. The van der Waals surface area contributed by atoms with Gasteiger partial charge < -0.3 is 10.3 Å². The van der Waals surface area contributed by atoms with Crippen molar-refractivity contribution >= 4 is 22.5 Å². The predicted octanol–water partition coefficient (Wildman–Crippen LogP) is 4.49. The van der Waals surface area contributed by atoms with Crippen LogP contribution in [0.2, 0.25) is 5.02 Å². The summed E-state index contributed by atoms with van der Waals surface area (Å²) < 4.78 is 0. The predicted molar refractivity (Wildman–Crippen MR) is 81.6 cm³/mol. The summed E-state index contributed by atoms with van der Waals surface area (Å²) >= 11 is 6.00. The van der Waals surface area contributed by atoms with Crippen LogP contribution in [-0.2, 0) is 6.54 Å². The molecule has 0 amide bonds. The number of hydrogen-bond donors (Lipinski definition) is 2. The zero-order chi connectivity index (χ0) is 13.3. The monoisotopic (exact) mass is 276 g/mol. The standard InChI is InChI=1S/C16H21ClN2/c1-16(6-2-3-7-16)11-18-9-12-10-19-15-8-13(17)4-5-14(12)15/h4-5,8,10,18-19H,2-3,6-7,9,11H2,1H3. The molecule has 0 saturated heterocycles. The minimum atomic E-state index is 0.509. The number of hydrogen-bond acceptors (Lipinski definition) is 1. The molecule has 1 heterocycles. The van der Waals surface area contributed by atoms with Crippen LogP contribution in [0.3, 0.4) is 0 Å². The lowest BCUT2D eigenvalue weighted by Gasteiger charge is -2.23. The maximum Gasteiger partial charge on any atom is 0.0472 e. The molecule has 1 aliphatic carbocycles. The van der Waals surface area contributed by atoms with E-state index in [0.717, 1.165) is 23.6 Å². The third-order valence-corrected chi connectivity index (χ3v) is 4.64. The highest BCUT2D eigenvalue weighted by Crippen LogP contribution is 2.36. The molecule has 102 valence electrons. The van der Waals surface area contributed by atoms with Gasteiger partial charge in [-0.2, -0.15) is 0 Å². The Kier molecular flexibility index (Phi) is 3.55. The number of aromatic amines is 1. The summed E-state index contributed by atoms with van der Waals surface area (Å²) in [7, 11) is 0. The van der Waals surface area contributed by atoms with Gasteiger partial charge in [-0.05, 0) is 36.0 Å². The molecular weight excluding hydrogens is 256 g/mol. The molecule has 0 atom stereocenters. The summed E-state index contributed by atoms with van der Waals surface area (Å²) in [5.41, 5.74) is 2.96. The van der Waals surface area contributed by atoms with E-state index in [0.29, 0.717) is 5.41 Å². The van der Waals surface area contributed by atoms with Gasteiger partial charge in [0.05, 0.1) is 0 Å². The first kappa shape index (κ1) is 13.0. The molecule has 0 bridgehead atoms. The van der Waals surface area contributed by atoms with E-state index >= 15 is 0 Å². The number of aromatic nitrogens is 1. The van der Waals surface area contributed by atoms with E-state index in [1.54, 1.807) is 0 Å². The Bertz CT molecular complexity index is 567. The van der Waals surface area contributed by atoms with E-state index in [2.05, 4.69) is 29.5 Å². The molecule has 0 aliphatic heterocycles. The normalized spacial score (nSPS) is 18.2. The average molecular weight is 277 g/mol. The van der Waals surface area contributed by atoms with Crippen LogP contribution in [0.1, 0.15) is 38.2 Å².